The molecule has 2 heterocycles. The van der Waals surface area contributed by atoms with Crippen molar-refractivity contribution in [2.24, 2.45) is 10.8 Å². The van der Waals surface area contributed by atoms with Gasteiger partial charge in [-0.15, -0.1) is 40.5 Å². The average molecular weight is 873 g/mol. The number of carbonyl (C=O) groups is 1. The zero-order valence-electron chi connectivity index (χ0n) is 32.5. The van der Waals surface area contributed by atoms with Gasteiger partial charge in [-0.25, -0.2) is 4.98 Å². The van der Waals surface area contributed by atoms with Crippen LogP contribution in [0.3, 0.4) is 0 Å². The second kappa shape index (κ2) is 15.7. The topological polar surface area (TPSA) is 63.1 Å². The number of benzene rings is 3. The maximum Gasteiger partial charge on any atom is 0.164 e. The van der Waals surface area contributed by atoms with Crippen LogP contribution >= 0.6 is 11.3 Å². The van der Waals surface area contributed by atoms with E-state index in [0.717, 1.165) is 57.9 Å². The van der Waals surface area contributed by atoms with Crippen molar-refractivity contribution in [3.63, 3.8) is 0 Å². The van der Waals surface area contributed by atoms with Gasteiger partial charge >= 0.3 is 0 Å². The van der Waals surface area contributed by atoms with E-state index in [1.54, 1.807) is 11.3 Å². The Morgan fingerprint density at radius 1 is 0.878 bits per heavy atom. The number of ketones is 1. The summed E-state index contributed by atoms with van der Waals surface area (Å²) in [6, 6.07) is 20.8. The van der Waals surface area contributed by atoms with Gasteiger partial charge in [0.1, 0.15) is 13.4 Å². The Hall–Kier alpha value is -2.70. The van der Waals surface area contributed by atoms with E-state index in [2.05, 4.69) is 105 Å². The number of thiophene rings is 1. The van der Waals surface area contributed by atoms with Gasteiger partial charge in [0.05, 0.1) is 13.6 Å². The van der Waals surface area contributed by atoms with E-state index in [-0.39, 0.29) is 54.2 Å². The molecule has 0 unspecified atom stereocenters. The first kappa shape index (κ1) is 39.1. The van der Waals surface area contributed by atoms with Crippen molar-refractivity contribution in [2.75, 3.05) is 0 Å². The van der Waals surface area contributed by atoms with Crippen molar-refractivity contribution in [3.8, 4) is 11.3 Å². The zero-order chi connectivity index (χ0) is 36.5. The normalized spacial score (nSPS) is 13.2. The summed E-state index contributed by atoms with van der Waals surface area (Å²) in [4.78, 5) is 21.4. The molecule has 7 heteroatoms. The second-order valence-corrected chi connectivity index (χ2v) is 21.8. The molecule has 2 aromatic heterocycles. The Morgan fingerprint density at radius 3 is 2.04 bits per heavy atom. The first-order valence-electron chi connectivity index (χ1n) is 17.9. The van der Waals surface area contributed by atoms with Crippen LogP contribution in [-0.2, 0) is 30.3 Å². The summed E-state index contributed by atoms with van der Waals surface area (Å²) in [5, 5.41) is 15.0. The summed E-state index contributed by atoms with van der Waals surface area (Å²) >= 11 is 1.77. The molecule has 49 heavy (non-hydrogen) atoms. The van der Waals surface area contributed by atoms with Crippen LogP contribution in [0, 0.1) is 16.9 Å². The summed E-state index contributed by atoms with van der Waals surface area (Å²) in [6.07, 6.45) is 4.81. The molecule has 1 N–H and O–H groups in total. The molecule has 4 nitrogen and oxygen atoms in total. The Bertz CT molecular complexity index is 2010. The second-order valence-electron chi connectivity index (χ2n) is 15.7. The minimum atomic E-state index is -1.53. The van der Waals surface area contributed by atoms with Gasteiger partial charge in [-0.05, 0) is 36.3 Å². The van der Waals surface area contributed by atoms with Crippen LogP contribution in [0.25, 0.3) is 42.3 Å². The van der Waals surface area contributed by atoms with Crippen LogP contribution in [-0.4, -0.2) is 28.9 Å². The molecule has 0 saturated carbocycles. The molecule has 0 atom stereocenters. The number of hydrogen-bond donors (Lipinski definition) is 1. The molecule has 0 spiro atoms. The molecule has 0 amide bonds. The molecule has 0 fully saturated rings. The third kappa shape index (κ3) is 8.44. The Kier molecular flexibility index (Phi) is 12.5. The summed E-state index contributed by atoms with van der Waals surface area (Å²) < 4.78 is 10.7. The van der Waals surface area contributed by atoms with Gasteiger partial charge in [0.2, 0.25) is 0 Å². The first-order valence-corrected chi connectivity index (χ1v) is 21.8. The van der Waals surface area contributed by atoms with Gasteiger partial charge in [0, 0.05) is 57.5 Å². The van der Waals surface area contributed by atoms with Crippen molar-refractivity contribution >= 4 is 61.5 Å². The first-order chi connectivity index (χ1) is 22.8. The minimum absolute atomic E-state index is 0. The average Bonchev–Trinajstić information content (AvgIpc) is 3.44. The fourth-order valence-corrected chi connectivity index (χ4v) is 9.63. The number of hydrogen-bond acceptors (Lipinski definition) is 5. The van der Waals surface area contributed by atoms with E-state index >= 15 is 0 Å². The number of aliphatic hydroxyl groups excluding tert-OH is 1. The molecule has 0 aliphatic heterocycles. The van der Waals surface area contributed by atoms with Crippen molar-refractivity contribution < 1.29 is 31.4 Å². The molecule has 3 aromatic carbocycles. The summed E-state index contributed by atoms with van der Waals surface area (Å²) in [7, 11) is -1.53. The van der Waals surface area contributed by atoms with E-state index in [1.165, 1.54) is 26.9 Å². The molecule has 0 aliphatic rings. The fraction of sp³-hybridized carbons (Fsp3) is 0.452. The number of aromatic nitrogens is 2. The molecular formula is C42H55IrN2O2SSi-. The van der Waals surface area contributed by atoms with E-state index in [0.29, 0.717) is 0 Å². The molecule has 5 rings (SSSR count). The van der Waals surface area contributed by atoms with E-state index in [9.17, 15) is 9.90 Å². The number of rotatable bonds is 9. The Balaban J connectivity index is 0.000000323. The van der Waals surface area contributed by atoms with Gasteiger partial charge in [-0.2, -0.15) is 0 Å². The molecular weight excluding hydrogens is 817 g/mol. The Labute approximate surface area is 314 Å². The van der Waals surface area contributed by atoms with Crippen LogP contribution in [0.5, 0.6) is 0 Å². The number of nitrogens with zero attached hydrogens (tertiary/aromatic N) is 2. The number of carbonyl (C=O) groups excluding carboxylic acids is 1. The third-order valence-electron chi connectivity index (χ3n) is 10.5. The quantitative estimate of drug-likeness (QED) is 0.0694. The zero-order valence-corrected chi connectivity index (χ0v) is 35.7. The molecule has 5 aromatic rings. The van der Waals surface area contributed by atoms with Crippen molar-refractivity contribution in [3.05, 3.63) is 78.3 Å². The molecule has 265 valence electrons. The number of aliphatic hydroxyl groups is 1. The van der Waals surface area contributed by atoms with Crippen LogP contribution in [0.15, 0.2) is 66.7 Å². The van der Waals surface area contributed by atoms with Crippen molar-refractivity contribution in [1.29, 1.82) is 0 Å². The maximum absolute atomic E-state index is 12.2. The van der Waals surface area contributed by atoms with Gasteiger partial charge < -0.3 is 5.11 Å². The van der Waals surface area contributed by atoms with Crippen LogP contribution in [0.2, 0.25) is 19.6 Å². The smallest absolute Gasteiger partial charge is 0.164 e. The number of fused-ring (bicyclic) bond motifs is 4. The molecule has 1 radical (unpaired) electrons. The van der Waals surface area contributed by atoms with E-state index < -0.39 is 8.07 Å². The standard InChI is InChI=1S/C27H27N2SSi.C15H28O2.Ir/c1-27(2,3)21-15-18(14-17-10-7-8-11-19(17)21)23-26-24(29-16-28-23)20-12-9-13-22(25(20)30-26)31(4,5)6;1-7-14(5,8-2)12(16)11-13(17)15(6,9-3)10-4;/h7-13,15-16H,1-6H3;11,16H,7-10H2,1-6H3;/q-1;;/b;12-11-;/i16D;;. The predicted molar refractivity (Wildman–Crippen MR) is 211 cm³/mol. The van der Waals surface area contributed by atoms with Crippen LogP contribution in [0.1, 0.15) is 94.9 Å². The molecule has 0 saturated heterocycles. The van der Waals surface area contributed by atoms with Gasteiger partial charge in [0.15, 0.2) is 5.78 Å². The van der Waals surface area contributed by atoms with Gasteiger partial charge in [0.25, 0.3) is 0 Å². The number of allylic oxidation sites excluding steroid dienone is 2. The monoisotopic (exact) mass is 873 g/mol. The maximum atomic E-state index is 12.2. The van der Waals surface area contributed by atoms with E-state index in [4.69, 9.17) is 1.37 Å². The summed E-state index contributed by atoms with van der Waals surface area (Å²) in [6.45, 7) is 25.9. The molecule has 0 bridgehead atoms. The SMILES string of the molecule is CCC(C)(CC)C(=O)/C=C(\O)C(C)(CC)CC.[2H]c1nc(-c2[c-]c3ccccc3c(C(C)(C)C)c2)c2sc3c([Si](C)(C)C)cccc3c2n1.[Ir]. The predicted octanol–water partition coefficient (Wildman–Crippen LogP) is 12.0. The largest absolute Gasteiger partial charge is 0.512 e. The fourth-order valence-electron chi connectivity index (χ4n) is 5.99. The Morgan fingerprint density at radius 2 is 1.47 bits per heavy atom. The third-order valence-corrected chi connectivity index (χ3v) is 13.9. The van der Waals surface area contributed by atoms with Gasteiger partial charge in [-0.1, -0.05) is 129 Å². The van der Waals surface area contributed by atoms with E-state index in [1.807, 2.05) is 41.5 Å². The van der Waals surface area contributed by atoms with Crippen molar-refractivity contribution in [1.82, 2.24) is 9.97 Å². The van der Waals surface area contributed by atoms with Crippen LogP contribution < -0.4 is 5.19 Å². The minimum Gasteiger partial charge on any atom is -0.512 e. The van der Waals surface area contributed by atoms with Crippen LogP contribution in [0.4, 0.5) is 0 Å². The summed E-state index contributed by atoms with van der Waals surface area (Å²) in [5.74, 6) is 0.286. The van der Waals surface area contributed by atoms with Gasteiger partial charge in [-0.3, -0.25) is 9.78 Å². The molecule has 0 aliphatic carbocycles. The van der Waals surface area contributed by atoms with Crippen molar-refractivity contribution in [2.45, 2.75) is 113 Å². The summed E-state index contributed by atoms with van der Waals surface area (Å²) in [5.41, 5.74) is 3.29.